The van der Waals surface area contributed by atoms with E-state index in [4.69, 9.17) is 0 Å². The van der Waals surface area contributed by atoms with Crippen LogP contribution in [0, 0.1) is 13.8 Å². The molecule has 74 valence electrons. The number of hydrogen-bond donors (Lipinski definition) is 1. The third-order valence-corrected chi connectivity index (χ3v) is 2.14. The lowest BCUT2D eigenvalue weighted by atomic mass is 10.3. The molecule has 0 unspecified atom stereocenters. The highest BCUT2D eigenvalue weighted by Gasteiger charge is 2.09. The average molecular weight is 190 g/mol. The van der Waals surface area contributed by atoms with Gasteiger partial charge >= 0.3 is 0 Å². The van der Waals surface area contributed by atoms with Crippen LogP contribution >= 0.6 is 0 Å². The number of nitrogens with zero attached hydrogens (tertiary/aromatic N) is 3. The zero-order valence-electron chi connectivity index (χ0n) is 8.92. The number of anilines is 1. The average Bonchev–Trinajstić information content (AvgIpc) is 2.42. The van der Waals surface area contributed by atoms with Gasteiger partial charge in [-0.2, -0.15) is 0 Å². The van der Waals surface area contributed by atoms with E-state index >= 15 is 0 Å². The molecule has 0 saturated carbocycles. The smallest absolute Gasteiger partial charge is 0.143 e. The van der Waals surface area contributed by atoms with Crippen LogP contribution in [0.5, 0.6) is 0 Å². The van der Waals surface area contributed by atoms with E-state index in [2.05, 4.69) is 21.0 Å². The molecule has 0 amide bonds. The summed E-state index contributed by atoms with van der Waals surface area (Å²) in [5.74, 6) is 1.76. The number of aromatic nitrogens is 3. The minimum atomic E-state index is 0.794. The summed E-state index contributed by atoms with van der Waals surface area (Å²) >= 11 is 0. The molecule has 2 aromatic rings. The molecule has 0 saturated heterocycles. The minimum absolute atomic E-state index is 0.794. The Hall–Kier alpha value is -1.58. The summed E-state index contributed by atoms with van der Waals surface area (Å²) in [6, 6.07) is 2.07. The summed E-state index contributed by atoms with van der Waals surface area (Å²) in [5.41, 5.74) is 2.03. The number of fused-ring (bicyclic) bond motifs is 1. The molecule has 4 heteroatoms. The Labute approximate surface area is 83.0 Å². The van der Waals surface area contributed by atoms with Crippen LogP contribution in [0.15, 0.2) is 6.07 Å². The highest BCUT2D eigenvalue weighted by molar-refractivity contribution is 5.88. The number of nitrogens with one attached hydrogen (secondary N) is 1. The number of hydrogen-bond acceptors (Lipinski definition) is 3. The van der Waals surface area contributed by atoms with Crippen molar-refractivity contribution in [3.63, 3.8) is 0 Å². The third-order valence-electron chi connectivity index (χ3n) is 2.14. The van der Waals surface area contributed by atoms with Crippen LogP contribution in [-0.4, -0.2) is 29.0 Å². The maximum atomic E-state index is 4.41. The van der Waals surface area contributed by atoms with Gasteiger partial charge in [-0.25, -0.2) is 9.97 Å². The molecular formula is C10H14N4. The van der Waals surface area contributed by atoms with Crippen LogP contribution in [0.1, 0.15) is 11.5 Å². The van der Waals surface area contributed by atoms with Gasteiger partial charge in [0.05, 0.1) is 5.39 Å². The number of aryl methyl sites for hydroxylation is 2. The van der Waals surface area contributed by atoms with Crippen LogP contribution in [0.2, 0.25) is 0 Å². The second kappa shape index (κ2) is 2.97. The summed E-state index contributed by atoms with van der Waals surface area (Å²) in [5, 5.41) is 1.08. The van der Waals surface area contributed by atoms with Crippen molar-refractivity contribution in [2.24, 2.45) is 0 Å². The lowest BCUT2D eigenvalue weighted by Crippen LogP contribution is -2.12. The van der Waals surface area contributed by atoms with Crippen LogP contribution in [0.4, 0.5) is 5.82 Å². The van der Waals surface area contributed by atoms with Gasteiger partial charge in [0.1, 0.15) is 17.3 Å². The first-order valence-electron chi connectivity index (χ1n) is 4.59. The Morgan fingerprint density at radius 3 is 2.57 bits per heavy atom. The minimum Gasteiger partial charge on any atom is -0.362 e. The van der Waals surface area contributed by atoms with Gasteiger partial charge < -0.3 is 9.88 Å². The summed E-state index contributed by atoms with van der Waals surface area (Å²) in [4.78, 5) is 14.0. The quantitative estimate of drug-likeness (QED) is 0.743. The first-order chi connectivity index (χ1) is 6.58. The summed E-state index contributed by atoms with van der Waals surface area (Å²) in [7, 11) is 3.98. The Bertz CT molecular complexity index is 470. The van der Waals surface area contributed by atoms with Gasteiger partial charge in [-0.15, -0.1) is 0 Å². The molecule has 0 fully saturated rings. The molecular weight excluding hydrogens is 176 g/mol. The number of aromatic amines is 1. The molecule has 0 aromatic carbocycles. The van der Waals surface area contributed by atoms with Gasteiger partial charge in [0.25, 0.3) is 0 Å². The molecule has 0 spiro atoms. The topological polar surface area (TPSA) is 44.8 Å². The molecule has 2 heterocycles. The van der Waals surface area contributed by atoms with E-state index in [1.165, 1.54) is 0 Å². The largest absolute Gasteiger partial charge is 0.362 e. The van der Waals surface area contributed by atoms with E-state index in [-0.39, 0.29) is 0 Å². The van der Waals surface area contributed by atoms with Crippen LogP contribution in [0.3, 0.4) is 0 Å². The first-order valence-corrected chi connectivity index (χ1v) is 4.59. The molecule has 0 aliphatic heterocycles. The molecule has 14 heavy (non-hydrogen) atoms. The van der Waals surface area contributed by atoms with Crippen molar-refractivity contribution in [3.05, 3.63) is 17.6 Å². The fourth-order valence-corrected chi connectivity index (χ4v) is 1.57. The normalized spacial score (nSPS) is 10.9. The molecule has 2 rings (SSSR count). The SMILES string of the molecule is Cc1nc(N(C)C)c2cc(C)[nH]c2n1. The Morgan fingerprint density at radius 1 is 1.21 bits per heavy atom. The first kappa shape index (κ1) is 8.99. The summed E-state index contributed by atoms with van der Waals surface area (Å²) in [6.07, 6.45) is 0. The van der Waals surface area contributed by atoms with Gasteiger partial charge in [-0.05, 0) is 19.9 Å². The fourth-order valence-electron chi connectivity index (χ4n) is 1.57. The lowest BCUT2D eigenvalue weighted by Gasteiger charge is -2.12. The molecule has 0 aliphatic carbocycles. The molecule has 2 aromatic heterocycles. The Kier molecular flexibility index (Phi) is 1.91. The van der Waals surface area contributed by atoms with Crippen molar-refractivity contribution in [3.8, 4) is 0 Å². The zero-order valence-corrected chi connectivity index (χ0v) is 8.92. The van der Waals surface area contributed by atoms with E-state index in [0.717, 1.165) is 28.4 Å². The van der Waals surface area contributed by atoms with E-state index in [9.17, 15) is 0 Å². The van der Waals surface area contributed by atoms with Crippen molar-refractivity contribution in [2.45, 2.75) is 13.8 Å². The van der Waals surface area contributed by atoms with E-state index in [1.807, 2.05) is 32.8 Å². The van der Waals surface area contributed by atoms with E-state index in [1.54, 1.807) is 0 Å². The van der Waals surface area contributed by atoms with Crippen LogP contribution in [0.25, 0.3) is 11.0 Å². The van der Waals surface area contributed by atoms with E-state index in [0.29, 0.717) is 0 Å². The highest BCUT2D eigenvalue weighted by Crippen LogP contribution is 2.22. The van der Waals surface area contributed by atoms with Crippen LogP contribution in [-0.2, 0) is 0 Å². The summed E-state index contributed by atoms with van der Waals surface area (Å²) < 4.78 is 0. The van der Waals surface area contributed by atoms with Crippen LogP contribution < -0.4 is 4.90 Å². The van der Waals surface area contributed by atoms with Gasteiger partial charge in [0.15, 0.2) is 0 Å². The molecule has 1 N–H and O–H groups in total. The number of H-pyrrole nitrogens is 1. The standard InChI is InChI=1S/C10H14N4/c1-6-5-8-9(11-6)12-7(2)13-10(8)14(3)4/h5H,1-4H3,(H,11,12,13). The van der Waals surface area contributed by atoms with Gasteiger partial charge in [0.2, 0.25) is 0 Å². The van der Waals surface area contributed by atoms with Crippen molar-refractivity contribution in [1.82, 2.24) is 15.0 Å². The van der Waals surface area contributed by atoms with Gasteiger partial charge in [-0.3, -0.25) is 0 Å². The Balaban J connectivity index is 2.79. The Morgan fingerprint density at radius 2 is 1.93 bits per heavy atom. The van der Waals surface area contributed by atoms with Crippen molar-refractivity contribution in [1.29, 1.82) is 0 Å². The fraction of sp³-hybridized carbons (Fsp3) is 0.400. The molecule has 0 radical (unpaired) electrons. The maximum Gasteiger partial charge on any atom is 0.143 e. The van der Waals surface area contributed by atoms with Crippen molar-refractivity contribution >= 4 is 16.9 Å². The van der Waals surface area contributed by atoms with E-state index < -0.39 is 0 Å². The van der Waals surface area contributed by atoms with Crippen molar-refractivity contribution < 1.29 is 0 Å². The monoisotopic (exact) mass is 190 g/mol. The third kappa shape index (κ3) is 1.32. The van der Waals surface area contributed by atoms with Gasteiger partial charge in [-0.1, -0.05) is 0 Å². The predicted molar refractivity (Wildman–Crippen MR) is 57.7 cm³/mol. The lowest BCUT2D eigenvalue weighted by molar-refractivity contribution is 1.01. The molecule has 0 aliphatic rings. The summed E-state index contributed by atoms with van der Waals surface area (Å²) in [6.45, 7) is 3.93. The zero-order chi connectivity index (χ0) is 10.3. The molecule has 4 nitrogen and oxygen atoms in total. The number of rotatable bonds is 1. The maximum absolute atomic E-state index is 4.41. The second-order valence-electron chi connectivity index (χ2n) is 3.70. The van der Waals surface area contributed by atoms with Crippen molar-refractivity contribution in [2.75, 3.05) is 19.0 Å². The highest BCUT2D eigenvalue weighted by atomic mass is 15.2. The molecule has 0 bridgehead atoms. The predicted octanol–water partition coefficient (Wildman–Crippen LogP) is 1.64. The molecule has 0 atom stereocenters. The second-order valence-corrected chi connectivity index (χ2v) is 3.70. The van der Waals surface area contributed by atoms with Gasteiger partial charge in [0, 0.05) is 19.8 Å².